The van der Waals surface area contributed by atoms with Crippen LogP contribution in [0.1, 0.15) is 21.5 Å². The number of halogens is 1. The van der Waals surface area contributed by atoms with E-state index in [-0.39, 0.29) is 11.1 Å². The number of hydrogen-bond acceptors (Lipinski definition) is 2. The fraction of sp³-hybridized carbons (Fsp3) is 0.143. The van der Waals surface area contributed by atoms with Crippen LogP contribution in [0.15, 0.2) is 36.5 Å². The van der Waals surface area contributed by atoms with Gasteiger partial charge in [0.2, 0.25) is 0 Å². The monoisotopic (exact) mass is 260 g/mol. The van der Waals surface area contributed by atoms with Crippen LogP contribution in [0, 0.1) is 13.8 Å². The Bertz CT molecular complexity index is 596. The van der Waals surface area contributed by atoms with Crippen LogP contribution < -0.4 is 5.32 Å². The average Bonchev–Trinajstić information content (AvgIpc) is 2.35. The van der Waals surface area contributed by atoms with Crippen LogP contribution >= 0.6 is 11.6 Å². The fourth-order valence-electron chi connectivity index (χ4n) is 1.65. The molecule has 0 spiro atoms. The summed E-state index contributed by atoms with van der Waals surface area (Å²) < 4.78 is 0. The van der Waals surface area contributed by atoms with Gasteiger partial charge in [0.15, 0.2) is 5.15 Å². The Kier molecular flexibility index (Phi) is 3.63. The number of nitrogens with one attached hydrogen (secondary N) is 1. The first-order valence-corrected chi connectivity index (χ1v) is 5.95. The standard InChI is InChI=1S/C14H13ClN2O/c1-9-5-6-10(2)11(8-9)14(18)17-12-4-3-7-16-13(12)15/h3-8H,1-2H3,(H,17,18). The SMILES string of the molecule is Cc1ccc(C)c(C(=O)Nc2cccnc2Cl)c1. The van der Waals surface area contributed by atoms with Gasteiger partial charge >= 0.3 is 0 Å². The van der Waals surface area contributed by atoms with Gasteiger partial charge in [0.05, 0.1) is 5.69 Å². The van der Waals surface area contributed by atoms with Crippen molar-refractivity contribution in [1.82, 2.24) is 4.98 Å². The van der Waals surface area contributed by atoms with Gasteiger partial charge in [-0.2, -0.15) is 0 Å². The molecular weight excluding hydrogens is 248 g/mol. The summed E-state index contributed by atoms with van der Waals surface area (Å²) in [5, 5.41) is 3.05. The highest BCUT2D eigenvalue weighted by Gasteiger charge is 2.11. The molecule has 18 heavy (non-hydrogen) atoms. The number of carbonyl (C=O) groups is 1. The van der Waals surface area contributed by atoms with Gasteiger partial charge in [-0.1, -0.05) is 29.3 Å². The molecule has 3 nitrogen and oxygen atoms in total. The Morgan fingerprint density at radius 2 is 2.06 bits per heavy atom. The number of aryl methyl sites for hydroxylation is 2. The van der Waals surface area contributed by atoms with E-state index in [4.69, 9.17) is 11.6 Å². The van der Waals surface area contributed by atoms with Crippen LogP contribution in [0.4, 0.5) is 5.69 Å². The normalized spacial score (nSPS) is 10.2. The molecule has 1 N–H and O–H groups in total. The van der Waals surface area contributed by atoms with E-state index in [0.717, 1.165) is 11.1 Å². The van der Waals surface area contributed by atoms with Crippen molar-refractivity contribution in [3.63, 3.8) is 0 Å². The van der Waals surface area contributed by atoms with Gasteiger partial charge in [-0.05, 0) is 37.6 Å². The van der Waals surface area contributed by atoms with Gasteiger partial charge in [-0.15, -0.1) is 0 Å². The fourth-order valence-corrected chi connectivity index (χ4v) is 1.82. The van der Waals surface area contributed by atoms with Crippen LogP contribution in [-0.2, 0) is 0 Å². The predicted molar refractivity (Wildman–Crippen MR) is 73.1 cm³/mol. The third-order valence-electron chi connectivity index (χ3n) is 2.64. The second-order valence-electron chi connectivity index (χ2n) is 4.11. The Labute approximate surface area is 111 Å². The smallest absolute Gasteiger partial charge is 0.256 e. The van der Waals surface area contributed by atoms with Crippen molar-refractivity contribution in [3.05, 3.63) is 58.4 Å². The second kappa shape index (κ2) is 5.19. The second-order valence-corrected chi connectivity index (χ2v) is 4.47. The van der Waals surface area contributed by atoms with Crippen molar-refractivity contribution in [2.45, 2.75) is 13.8 Å². The molecule has 92 valence electrons. The minimum Gasteiger partial charge on any atom is -0.319 e. The quantitative estimate of drug-likeness (QED) is 0.839. The lowest BCUT2D eigenvalue weighted by molar-refractivity contribution is 0.102. The number of aromatic nitrogens is 1. The zero-order chi connectivity index (χ0) is 13.1. The van der Waals surface area contributed by atoms with Gasteiger partial charge in [-0.3, -0.25) is 4.79 Å². The number of pyridine rings is 1. The lowest BCUT2D eigenvalue weighted by atomic mass is 10.1. The molecule has 4 heteroatoms. The van der Waals surface area contributed by atoms with Gasteiger partial charge in [0.1, 0.15) is 0 Å². The highest BCUT2D eigenvalue weighted by Crippen LogP contribution is 2.19. The zero-order valence-electron chi connectivity index (χ0n) is 10.2. The molecule has 1 aromatic heterocycles. The Morgan fingerprint density at radius 3 is 2.78 bits per heavy atom. The number of nitrogens with zero attached hydrogens (tertiary/aromatic N) is 1. The number of rotatable bonds is 2. The molecule has 2 aromatic rings. The molecular formula is C14H13ClN2O. The molecule has 2 rings (SSSR count). The van der Waals surface area contributed by atoms with E-state index in [1.54, 1.807) is 18.3 Å². The topological polar surface area (TPSA) is 42.0 Å². The lowest BCUT2D eigenvalue weighted by Gasteiger charge is -2.09. The number of anilines is 1. The molecule has 0 aliphatic rings. The number of benzene rings is 1. The average molecular weight is 261 g/mol. The largest absolute Gasteiger partial charge is 0.319 e. The summed E-state index contributed by atoms with van der Waals surface area (Å²) in [6.07, 6.45) is 1.58. The maximum Gasteiger partial charge on any atom is 0.256 e. The van der Waals surface area contributed by atoms with E-state index < -0.39 is 0 Å². The maximum atomic E-state index is 12.1. The Hall–Kier alpha value is -1.87. The molecule has 1 amide bonds. The molecule has 0 bridgehead atoms. The molecule has 1 aromatic carbocycles. The molecule has 0 aliphatic carbocycles. The van der Waals surface area contributed by atoms with Crippen molar-refractivity contribution >= 4 is 23.2 Å². The van der Waals surface area contributed by atoms with Gasteiger partial charge < -0.3 is 5.32 Å². The van der Waals surface area contributed by atoms with Crippen molar-refractivity contribution in [3.8, 4) is 0 Å². The lowest BCUT2D eigenvalue weighted by Crippen LogP contribution is -2.14. The van der Waals surface area contributed by atoms with Crippen molar-refractivity contribution < 1.29 is 4.79 Å². The predicted octanol–water partition coefficient (Wildman–Crippen LogP) is 3.60. The molecule has 0 radical (unpaired) electrons. The Balaban J connectivity index is 2.28. The zero-order valence-corrected chi connectivity index (χ0v) is 11.0. The van der Waals surface area contributed by atoms with E-state index in [1.165, 1.54) is 0 Å². The molecule has 0 saturated heterocycles. The summed E-state index contributed by atoms with van der Waals surface area (Å²) in [5.74, 6) is -0.175. The van der Waals surface area contributed by atoms with Crippen molar-refractivity contribution in [2.75, 3.05) is 5.32 Å². The molecule has 0 atom stereocenters. The van der Waals surface area contributed by atoms with E-state index in [9.17, 15) is 4.79 Å². The summed E-state index contributed by atoms with van der Waals surface area (Å²) in [6, 6.07) is 9.20. The van der Waals surface area contributed by atoms with Crippen LogP contribution in [0.3, 0.4) is 0 Å². The summed E-state index contributed by atoms with van der Waals surface area (Å²) in [6.45, 7) is 3.85. The van der Waals surface area contributed by atoms with Crippen molar-refractivity contribution in [2.24, 2.45) is 0 Å². The molecule has 1 heterocycles. The third kappa shape index (κ3) is 2.68. The molecule has 0 unspecified atom stereocenters. The van der Waals surface area contributed by atoms with E-state index in [2.05, 4.69) is 10.3 Å². The number of amides is 1. The highest BCUT2D eigenvalue weighted by atomic mass is 35.5. The molecule has 0 aliphatic heterocycles. The first kappa shape index (κ1) is 12.6. The minimum absolute atomic E-state index is 0.175. The van der Waals surface area contributed by atoms with Crippen molar-refractivity contribution in [1.29, 1.82) is 0 Å². The van der Waals surface area contributed by atoms with Crippen LogP contribution in [0.25, 0.3) is 0 Å². The van der Waals surface area contributed by atoms with Crippen LogP contribution in [0.2, 0.25) is 5.15 Å². The first-order chi connectivity index (χ1) is 8.58. The third-order valence-corrected chi connectivity index (χ3v) is 2.95. The first-order valence-electron chi connectivity index (χ1n) is 5.57. The molecule has 0 fully saturated rings. The Morgan fingerprint density at radius 1 is 1.28 bits per heavy atom. The van der Waals surface area contributed by atoms with Crippen LogP contribution in [0.5, 0.6) is 0 Å². The maximum absolute atomic E-state index is 12.1. The highest BCUT2D eigenvalue weighted by molar-refractivity contribution is 6.32. The van der Waals surface area contributed by atoms with E-state index >= 15 is 0 Å². The number of hydrogen-bond donors (Lipinski definition) is 1. The van der Waals surface area contributed by atoms with Gasteiger partial charge in [0.25, 0.3) is 5.91 Å². The van der Waals surface area contributed by atoms with Gasteiger partial charge in [0, 0.05) is 11.8 Å². The van der Waals surface area contributed by atoms with Gasteiger partial charge in [-0.25, -0.2) is 4.98 Å². The summed E-state index contributed by atoms with van der Waals surface area (Å²) in [7, 11) is 0. The van der Waals surface area contributed by atoms with E-state index in [1.807, 2.05) is 32.0 Å². The van der Waals surface area contributed by atoms with Crippen LogP contribution in [-0.4, -0.2) is 10.9 Å². The summed E-state index contributed by atoms with van der Waals surface area (Å²) in [5.41, 5.74) is 3.14. The minimum atomic E-state index is -0.175. The summed E-state index contributed by atoms with van der Waals surface area (Å²) >= 11 is 5.90. The number of carbonyl (C=O) groups excluding carboxylic acids is 1. The molecule has 0 saturated carbocycles. The summed E-state index contributed by atoms with van der Waals surface area (Å²) in [4.78, 5) is 16.1. The van der Waals surface area contributed by atoms with E-state index in [0.29, 0.717) is 11.3 Å².